The van der Waals surface area contributed by atoms with Crippen molar-refractivity contribution in [3.8, 4) is 0 Å². The van der Waals surface area contributed by atoms with Gasteiger partial charge in [-0.25, -0.2) is 0 Å². The molecule has 0 aliphatic rings. The van der Waals surface area contributed by atoms with Crippen LogP contribution < -0.4 is 11.5 Å². The van der Waals surface area contributed by atoms with Gasteiger partial charge < -0.3 is 11.5 Å². The molecule has 3 nitrogen and oxygen atoms in total. The summed E-state index contributed by atoms with van der Waals surface area (Å²) in [4.78, 5) is 4.52. The Bertz CT molecular complexity index is 383. The predicted octanol–water partition coefficient (Wildman–Crippen LogP) is 3.15. The number of amidine groups is 1. The Morgan fingerprint density at radius 2 is 1.89 bits per heavy atom. The molecule has 0 aliphatic heterocycles. The maximum absolute atomic E-state index is 5.89. The summed E-state index contributed by atoms with van der Waals surface area (Å²) in [7, 11) is 0. The molecule has 0 saturated heterocycles. The summed E-state index contributed by atoms with van der Waals surface area (Å²) in [5.74, 6) is 0.651. The van der Waals surface area contributed by atoms with Crippen LogP contribution in [0.1, 0.15) is 38.2 Å². The monoisotopic (exact) mass is 281 g/mol. The maximum atomic E-state index is 5.89. The predicted molar refractivity (Wildman–Crippen MR) is 83.8 cm³/mol. The van der Waals surface area contributed by atoms with Gasteiger partial charge in [0.25, 0.3) is 0 Å². The minimum atomic E-state index is 0.254. The van der Waals surface area contributed by atoms with Gasteiger partial charge in [-0.1, -0.05) is 36.6 Å². The maximum Gasteiger partial charge on any atom is 0.0909 e. The Morgan fingerprint density at radius 1 is 1.21 bits per heavy atom. The van der Waals surface area contributed by atoms with Gasteiger partial charge in [0.05, 0.1) is 11.9 Å². The highest BCUT2D eigenvalue weighted by atomic mass is 35.5. The van der Waals surface area contributed by atoms with Gasteiger partial charge in [0.1, 0.15) is 0 Å². The molecular formula is C15H24ClN3. The van der Waals surface area contributed by atoms with Gasteiger partial charge in [-0.15, -0.1) is 0 Å². The van der Waals surface area contributed by atoms with Crippen molar-refractivity contribution in [2.24, 2.45) is 16.5 Å². The summed E-state index contributed by atoms with van der Waals surface area (Å²) >= 11 is 5.89. The number of hydrogen-bond donors (Lipinski definition) is 2. The van der Waals surface area contributed by atoms with Crippen molar-refractivity contribution >= 4 is 17.4 Å². The zero-order valence-corrected chi connectivity index (χ0v) is 12.4. The van der Waals surface area contributed by atoms with Crippen molar-refractivity contribution in [2.75, 3.05) is 6.54 Å². The zero-order valence-electron chi connectivity index (χ0n) is 11.6. The molecule has 0 fully saturated rings. The summed E-state index contributed by atoms with van der Waals surface area (Å²) in [6.07, 6.45) is 5.35. The molecule has 4 heteroatoms. The quantitative estimate of drug-likeness (QED) is 0.437. The van der Waals surface area contributed by atoms with Gasteiger partial charge in [-0.2, -0.15) is 0 Å². The molecule has 1 atom stereocenters. The lowest BCUT2D eigenvalue weighted by Crippen LogP contribution is -2.16. The van der Waals surface area contributed by atoms with E-state index in [0.717, 1.165) is 43.7 Å². The molecule has 0 aliphatic carbocycles. The van der Waals surface area contributed by atoms with Gasteiger partial charge in [-0.3, -0.25) is 4.99 Å². The fraction of sp³-hybridized carbons (Fsp3) is 0.533. The summed E-state index contributed by atoms with van der Waals surface area (Å²) in [6, 6.07) is 8.19. The highest BCUT2D eigenvalue weighted by molar-refractivity contribution is 6.30. The van der Waals surface area contributed by atoms with Crippen molar-refractivity contribution in [1.82, 2.24) is 0 Å². The number of aliphatic imine (C=N–C) groups is 1. The van der Waals surface area contributed by atoms with Crippen LogP contribution in [-0.2, 0) is 6.42 Å². The van der Waals surface area contributed by atoms with Crippen LogP contribution in [0.2, 0.25) is 5.02 Å². The molecule has 0 saturated carbocycles. The van der Waals surface area contributed by atoms with Crippen LogP contribution in [0.5, 0.6) is 0 Å². The fourth-order valence-electron chi connectivity index (χ4n) is 2.09. The number of nitrogens with two attached hydrogens (primary N) is 2. The Morgan fingerprint density at radius 3 is 2.47 bits per heavy atom. The zero-order chi connectivity index (χ0) is 14.1. The van der Waals surface area contributed by atoms with Crippen molar-refractivity contribution in [2.45, 2.75) is 45.1 Å². The Hall–Kier alpha value is -1.06. The second kappa shape index (κ2) is 8.94. The molecule has 1 aromatic rings. The molecule has 0 heterocycles. The van der Waals surface area contributed by atoms with E-state index in [1.165, 1.54) is 5.56 Å². The van der Waals surface area contributed by atoms with E-state index in [4.69, 9.17) is 23.1 Å². The van der Waals surface area contributed by atoms with Gasteiger partial charge in [0.2, 0.25) is 0 Å². The molecule has 1 aromatic carbocycles. The molecule has 4 N–H and O–H groups in total. The smallest absolute Gasteiger partial charge is 0.0909 e. The lowest BCUT2D eigenvalue weighted by Gasteiger charge is -2.13. The molecule has 1 rings (SSSR count). The van der Waals surface area contributed by atoms with Gasteiger partial charge in [-0.05, 0) is 50.4 Å². The van der Waals surface area contributed by atoms with E-state index < -0.39 is 0 Å². The summed E-state index contributed by atoms with van der Waals surface area (Å²) in [6.45, 7) is 2.61. The third kappa shape index (κ3) is 7.19. The minimum Gasteiger partial charge on any atom is -0.388 e. The molecule has 0 amide bonds. The van der Waals surface area contributed by atoms with Crippen molar-refractivity contribution < 1.29 is 0 Å². The molecule has 1 unspecified atom stereocenters. The third-order valence-electron chi connectivity index (χ3n) is 3.01. The number of nitrogens with zero attached hydrogens (tertiary/aromatic N) is 1. The number of benzene rings is 1. The highest BCUT2D eigenvalue weighted by Gasteiger charge is 2.08. The fourth-order valence-corrected chi connectivity index (χ4v) is 2.22. The summed E-state index contributed by atoms with van der Waals surface area (Å²) in [5.41, 5.74) is 12.5. The van der Waals surface area contributed by atoms with Crippen LogP contribution in [0.15, 0.2) is 29.3 Å². The van der Waals surface area contributed by atoms with Crippen LogP contribution in [0, 0.1) is 0 Å². The largest absolute Gasteiger partial charge is 0.388 e. The van der Waals surface area contributed by atoms with Crippen LogP contribution in [0.3, 0.4) is 0 Å². The minimum absolute atomic E-state index is 0.254. The van der Waals surface area contributed by atoms with E-state index >= 15 is 0 Å². The highest BCUT2D eigenvalue weighted by Crippen LogP contribution is 2.15. The van der Waals surface area contributed by atoms with Crippen LogP contribution in [0.4, 0.5) is 0 Å². The average Bonchev–Trinajstić information content (AvgIpc) is 2.36. The first-order valence-electron chi connectivity index (χ1n) is 6.86. The SMILES string of the molecule is CC(N)=NC(CCCCCN)Cc1ccc(Cl)cc1. The van der Waals surface area contributed by atoms with E-state index in [-0.39, 0.29) is 6.04 Å². The van der Waals surface area contributed by atoms with Gasteiger partial charge in [0, 0.05) is 5.02 Å². The first-order chi connectivity index (χ1) is 9.11. The second-order valence-corrected chi connectivity index (χ2v) is 5.33. The van der Waals surface area contributed by atoms with E-state index in [2.05, 4.69) is 17.1 Å². The van der Waals surface area contributed by atoms with Gasteiger partial charge >= 0.3 is 0 Å². The molecular weight excluding hydrogens is 258 g/mol. The lowest BCUT2D eigenvalue weighted by molar-refractivity contribution is 0.552. The van der Waals surface area contributed by atoms with Crippen LogP contribution >= 0.6 is 11.6 Å². The van der Waals surface area contributed by atoms with E-state index in [1.807, 2.05) is 19.1 Å². The van der Waals surface area contributed by atoms with E-state index in [0.29, 0.717) is 5.84 Å². The first kappa shape index (κ1) is 16.0. The summed E-state index contributed by atoms with van der Waals surface area (Å²) in [5, 5.41) is 0.766. The summed E-state index contributed by atoms with van der Waals surface area (Å²) < 4.78 is 0. The number of hydrogen-bond acceptors (Lipinski definition) is 2. The van der Waals surface area contributed by atoms with Crippen molar-refractivity contribution in [3.63, 3.8) is 0 Å². The Kier molecular flexibility index (Phi) is 7.53. The topological polar surface area (TPSA) is 64.4 Å². The Labute approximate surface area is 121 Å². The molecule has 0 spiro atoms. The number of unbranched alkanes of at least 4 members (excludes halogenated alkanes) is 2. The molecule has 106 valence electrons. The van der Waals surface area contributed by atoms with Crippen LogP contribution in [-0.4, -0.2) is 18.4 Å². The number of halogens is 1. The van der Waals surface area contributed by atoms with Crippen molar-refractivity contribution in [1.29, 1.82) is 0 Å². The van der Waals surface area contributed by atoms with E-state index in [1.54, 1.807) is 0 Å². The second-order valence-electron chi connectivity index (χ2n) is 4.89. The molecule has 0 aromatic heterocycles. The van der Waals surface area contributed by atoms with E-state index in [9.17, 15) is 0 Å². The normalized spacial score (nSPS) is 13.5. The third-order valence-corrected chi connectivity index (χ3v) is 3.26. The molecule has 19 heavy (non-hydrogen) atoms. The average molecular weight is 282 g/mol. The lowest BCUT2D eigenvalue weighted by atomic mass is 10.0. The molecule has 0 radical (unpaired) electrons. The van der Waals surface area contributed by atoms with Gasteiger partial charge in [0.15, 0.2) is 0 Å². The standard InChI is InChI=1S/C15H24ClN3/c1-12(18)19-15(5-3-2-4-10-17)11-13-6-8-14(16)9-7-13/h6-9,15H,2-5,10-11,17H2,1H3,(H2,18,19). The molecule has 0 bridgehead atoms. The Balaban J connectivity index is 2.53. The first-order valence-corrected chi connectivity index (χ1v) is 7.24. The van der Waals surface area contributed by atoms with Crippen molar-refractivity contribution in [3.05, 3.63) is 34.9 Å². The van der Waals surface area contributed by atoms with Crippen LogP contribution in [0.25, 0.3) is 0 Å². The number of rotatable bonds is 8.